The molecule has 1 aliphatic rings. The van der Waals surface area contributed by atoms with E-state index >= 15 is 0 Å². The molecule has 0 aromatic heterocycles. The van der Waals surface area contributed by atoms with Crippen LogP contribution in [0.1, 0.15) is 0 Å². The number of phenols is 1. The van der Waals surface area contributed by atoms with Crippen molar-refractivity contribution in [2.45, 2.75) is 4.90 Å². The van der Waals surface area contributed by atoms with Gasteiger partial charge in [-0.15, -0.1) is 0 Å². The summed E-state index contributed by atoms with van der Waals surface area (Å²) < 4.78 is 31.5. The maximum Gasteiger partial charge on any atom is 0.294 e. The molecule has 2 aromatic rings. The third kappa shape index (κ3) is 3.25. The van der Waals surface area contributed by atoms with Crippen LogP contribution in [0.5, 0.6) is 5.75 Å². The summed E-state index contributed by atoms with van der Waals surface area (Å²) in [6.07, 6.45) is 1.10. The number of phenolic OH excluding ortho intramolecular Hbond substituents is 1. The molecule has 0 saturated carbocycles. The monoisotopic (exact) mass is 378 g/mol. The minimum atomic E-state index is -4.46. The molecule has 4 N–H and O–H groups in total. The minimum Gasteiger partial charge on any atom is -0.507 e. The number of β-amino-alcohol motifs (C(OH)–C–C–N with tert-alkyl or cyclic N) is 1. The number of fused-ring (bicyclic) bond motifs is 1. The number of aliphatic hydroxyl groups is 1. The fourth-order valence-electron chi connectivity index (χ4n) is 2.60. The lowest BCUT2D eigenvalue weighted by molar-refractivity contribution is -0.137. The Morgan fingerprint density at radius 1 is 1.12 bits per heavy atom. The number of nitrogens with one attached hydrogen (secondary N) is 1. The predicted octanol–water partition coefficient (Wildman–Crippen LogP) is 0.449. The van der Waals surface area contributed by atoms with Crippen molar-refractivity contribution < 1.29 is 32.8 Å². The lowest BCUT2D eigenvalue weighted by atomic mass is 10.1. The van der Waals surface area contributed by atoms with E-state index in [1.54, 1.807) is 0 Å². The third-order valence-electron chi connectivity index (χ3n) is 3.82. The number of carbonyl (C=O) groups excluding carboxylic acids is 2. The van der Waals surface area contributed by atoms with Gasteiger partial charge in [-0.3, -0.25) is 19.0 Å². The molecule has 2 aromatic carbocycles. The highest BCUT2D eigenvalue weighted by Crippen LogP contribution is 2.31. The van der Waals surface area contributed by atoms with Crippen molar-refractivity contribution >= 4 is 38.4 Å². The van der Waals surface area contributed by atoms with Gasteiger partial charge < -0.3 is 15.5 Å². The molecule has 2 amide bonds. The number of amides is 2. The molecule has 3 rings (SSSR count). The molecule has 0 atom stereocenters. The normalized spacial score (nSPS) is 14.8. The van der Waals surface area contributed by atoms with Gasteiger partial charge in [-0.1, -0.05) is 6.07 Å². The van der Waals surface area contributed by atoms with E-state index in [9.17, 15) is 23.1 Å². The Morgan fingerprint density at radius 3 is 2.50 bits per heavy atom. The summed E-state index contributed by atoms with van der Waals surface area (Å²) in [5.41, 5.74) is 0.391. The highest BCUT2D eigenvalue weighted by atomic mass is 32.2. The van der Waals surface area contributed by atoms with Crippen molar-refractivity contribution in [2.75, 3.05) is 18.5 Å². The smallest absolute Gasteiger partial charge is 0.294 e. The number of rotatable bonds is 5. The fraction of sp³-hybridized carbons (Fsp3) is 0.125. The second-order valence-electron chi connectivity index (χ2n) is 5.56. The first kappa shape index (κ1) is 17.9. The summed E-state index contributed by atoms with van der Waals surface area (Å²) in [6, 6.07) is 6.57. The average molecular weight is 378 g/mol. The Bertz CT molecular complexity index is 1060. The fourth-order valence-corrected chi connectivity index (χ4v) is 3.14. The lowest BCUT2D eigenvalue weighted by Gasteiger charge is -2.14. The highest BCUT2D eigenvalue weighted by molar-refractivity contribution is 7.85. The maximum atomic E-state index is 12.1. The van der Waals surface area contributed by atoms with Crippen molar-refractivity contribution in [3.8, 4) is 5.75 Å². The van der Waals surface area contributed by atoms with Crippen LogP contribution in [0.3, 0.4) is 0 Å². The number of hydrogen-bond acceptors (Lipinski definition) is 7. The van der Waals surface area contributed by atoms with Crippen molar-refractivity contribution in [2.24, 2.45) is 0 Å². The topological polar surface area (TPSA) is 144 Å². The summed E-state index contributed by atoms with van der Waals surface area (Å²) in [5, 5.41) is 22.3. The van der Waals surface area contributed by atoms with Crippen LogP contribution in [0.2, 0.25) is 0 Å². The Balaban J connectivity index is 1.93. The molecule has 0 spiro atoms. The molecule has 26 heavy (non-hydrogen) atoms. The molecule has 0 aliphatic carbocycles. The number of aromatic hydroxyl groups is 1. The number of carbonyl (C=O) groups is 2. The summed E-state index contributed by atoms with van der Waals surface area (Å²) in [6.45, 7) is -0.463. The van der Waals surface area contributed by atoms with E-state index in [1.807, 2.05) is 0 Å². The minimum absolute atomic E-state index is 0.0110. The van der Waals surface area contributed by atoms with Gasteiger partial charge in [0.2, 0.25) is 0 Å². The van der Waals surface area contributed by atoms with Crippen LogP contribution in [-0.2, 0) is 19.7 Å². The van der Waals surface area contributed by atoms with E-state index in [0.29, 0.717) is 11.1 Å². The number of aliphatic hydroxyl groups excluding tert-OH is 1. The van der Waals surface area contributed by atoms with E-state index in [2.05, 4.69) is 5.32 Å². The number of nitrogens with zero attached hydrogens (tertiary/aromatic N) is 1. The van der Waals surface area contributed by atoms with Gasteiger partial charge in [0.25, 0.3) is 21.9 Å². The van der Waals surface area contributed by atoms with Crippen molar-refractivity contribution in [1.82, 2.24) is 4.90 Å². The zero-order valence-corrected chi connectivity index (χ0v) is 14.0. The lowest BCUT2D eigenvalue weighted by Crippen LogP contribution is -2.34. The first-order valence-corrected chi connectivity index (χ1v) is 8.84. The molecule has 0 unspecified atom stereocenters. The van der Waals surface area contributed by atoms with E-state index in [-0.39, 0.29) is 30.0 Å². The summed E-state index contributed by atoms with van der Waals surface area (Å²) in [7, 11) is -4.46. The highest BCUT2D eigenvalue weighted by Gasteiger charge is 2.30. The first-order valence-electron chi connectivity index (χ1n) is 7.40. The van der Waals surface area contributed by atoms with Crippen LogP contribution in [0.15, 0.2) is 47.0 Å². The number of imide groups is 1. The van der Waals surface area contributed by atoms with Crippen LogP contribution in [0.4, 0.5) is 5.69 Å². The summed E-state index contributed by atoms with van der Waals surface area (Å²) in [4.78, 5) is 24.3. The molecular weight excluding hydrogens is 364 g/mol. The van der Waals surface area contributed by atoms with E-state index in [1.165, 1.54) is 24.3 Å². The second-order valence-corrected chi connectivity index (χ2v) is 6.98. The SMILES string of the molecule is O=C1C=C(Nc2ccc3cc(S(=O)(=O)O)cc(O)c3c2)C(=O)N1CCO. The zero-order valence-electron chi connectivity index (χ0n) is 13.2. The number of anilines is 1. The van der Waals surface area contributed by atoms with Crippen LogP contribution in [0.25, 0.3) is 10.8 Å². The van der Waals surface area contributed by atoms with E-state index in [4.69, 9.17) is 9.66 Å². The molecule has 0 saturated heterocycles. The largest absolute Gasteiger partial charge is 0.507 e. The average Bonchev–Trinajstić information content (AvgIpc) is 2.82. The molecule has 0 radical (unpaired) electrons. The standard InChI is InChI=1S/C16H14N2O7S/c19-4-3-18-15(21)8-13(16(18)22)17-10-2-1-9-5-11(26(23,24)25)7-14(20)12(9)6-10/h1-2,5-8,17,19-20H,3-4H2,(H,23,24,25). The third-order valence-corrected chi connectivity index (χ3v) is 4.65. The molecular formula is C16H14N2O7S. The van der Waals surface area contributed by atoms with Gasteiger partial charge in [0.1, 0.15) is 11.4 Å². The van der Waals surface area contributed by atoms with Gasteiger partial charge in [-0.25, -0.2) is 0 Å². The van der Waals surface area contributed by atoms with Crippen LogP contribution < -0.4 is 5.32 Å². The van der Waals surface area contributed by atoms with Gasteiger partial charge in [-0.2, -0.15) is 8.42 Å². The quantitative estimate of drug-likeness (QED) is 0.434. The molecule has 1 heterocycles. The molecule has 0 bridgehead atoms. The van der Waals surface area contributed by atoms with Crippen molar-refractivity contribution in [3.63, 3.8) is 0 Å². The molecule has 9 nitrogen and oxygen atoms in total. The maximum absolute atomic E-state index is 12.1. The van der Waals surface area contributed by atoms with Crippen molar-refractivity contribution in [3.05, 3.63) is 42.1 Å². The number of benzene rings is 2. The van der Waals surface area contributed by atoms with Gasteiger partial charge in [0.05, 0.1) is 18.0 Å². The Hall–Kier alpha value is -2.95. The van der Waals surface area contributed by atoms with Gasteiger partial charge in [0.15, 0.2) is 0 Å². The van der Waals surface area contributed by atoms with Crippen LogP contribution >= 0.6 is 0 Å². The number of hydrogen-bond donors (Lipinski definition) is 4. The first-order chi connectivity index (χ1) is 12.2. The Morgan fingerprint density at radius 2 is 1.85 bits per heavy atom. The van der Waals surface area contributed by atoms with Gasteiger partial charge in [0, 0.05) is 23.2 Å². The summed E-state index contributed by atoms with van der Waals surface area (Å²) >= 11 is 0. The second kappa shape index (κ2) is 6.41. The molecule has 1 aliphatic heterocycles. The van der Waals surface area contributed by atoms with Gasteiger partial charge in [-0.05, 0) is 23.6 Å². The van der Waals surface area contributed by atoms with Crippen LogP contribution in [0, 0.1) is 0 Å². The molecule has 0 fully saturated rings. The predicted molar refractivity (Wildman–Crippen MR) is 90.9 cm³/mol. The van der Waals surface area contributed by atoms with E-state index < -0.39 is 26.8 Å². The molecule has 136 valence electrons. The summed E-state index contributed by atoms with van der Waals surface area (Å²) in [5.74, 6) is -1.51. The van der Waals surface area contributed by atoms with Crippen LogP contribution in [-0.4, -0.2) is 53.0 Å². The van der Waals surface area contributed by atoms with E-state index in [0.717, 1.165) is 17.0 Å². The van der Waals surface area contributed by atoms with Gasteiger partial charge >= 0.3 is 0 Å². The van der Waals surface area contributed by atoms with Crippen molar-refractivity contribution in [1.29, 1.82) is 0 Å². The Labute approximate surface area is 147 Å². The zero-order chi connectivity index (χ0) is 19.1. The molecule has 10 heteroatoms. The Kier molecular flexibility index (Phi) is 4.40.